The summed E-state index contributed by atoms with van der Waals surface area (Å²) in [5.74, 6) is -0.294. The molecule has 0 saturated carbocycles. The molecule has 4 nitrogen and oxygen atoms in total. The van der Waals surface area contributed by atoms with E-state index in [4.69, 9.17) is 4.42 Å². The topological polar surface area (TPSA) is 59.3 Å². The van der Waals surface area contributed by atoms with Crippen LogP contribution < -0.4 is 10.7 Å². The Morgan fingerprint density at radius 1 is 1.17 bits per heavy atom. The zero-order valence-corrected chi connectivity index (χ0v) is 13.3. The second kappa shape index (κ2) is 5.64. The van der Waals surface area contributed by atoms with Crippen LogP contribution in [0.25, 0.3) is 11.0 Å². The van der Waals surface area contributed by atoms with Gasteiger partial charge in [-0.2, -0.15) is 0 Å². The summed E-state index contributed by atoms with van der Waals surface area (Å²) in [5.41, 5.74) is 3.62. The average molecular weight is 319 g/mol. The highest BCUT2D eigenvalue weighted by molar-refractivity contribution is 5.93. The second-order valence-electron chi connectivity index (χ2n) is 6.24. The maximum atomic E-state index is 12.5. The molecule has 1 atom stereocenters. The van der Waals surface area contributed by atoms with Crippen LogP contribution in [0.2, 0.25) is 0 Å². The maximum Gasteiger partial charge on any atom is 0.287 e. The first-order valence-corrected chi connectivity index (χ1v) is 8.05. The minimum Gasteiger partial charge on any atom is -0.451 e. The molecule has 4 heteroatoms. The van der Waals surface area contributed by atoms with E-state index in [-0.39, 0.29) is 23.1 Å². The van der Waals surface area contributed by atoms with Crippen molar-refractivity contribution in [3.63, 3.8) is 0 Å². The van der Waals surface area contributed by atoms with Gasteiger partial charge in [-0.3, -0.25) is 9.59 Å². The summed E-state index contributed by atoms with van der Waals surface area (Å²) >= 11 is 0. The Hall–Kier alpha value is -2.88. The van der Waals surface area contributed by atoms with E-state index in [1.165, 1.54) is 11.6 Å². The third-order valence-corrected chi connectivity index (χ3v) is 4.54. The van der Waals surface area contributed by atoms with E-state index in [0.717, 1.165) is 24.0 Å². The lowest BCUT2D eigenvalue weighted by Crippen LogP contribution is -2.27. The van der Waals surface area contributed by atoms with E-state index in [1.807, 2.05) is 31.2 Å². The van der Waals surface area contributed by atoms with E-state index in [1.54, 1.807) is 12.1 Å². The zero-order valence-electron chi connectivity index (χ0n) is 13.3. The van der Waals surface area contributed by atoms with E-state index in [9.17, 15) is 9.59 Å². The molecular weight excluding hydrogens is 302 g/mol. The van der Waals surface area contributed by atoms with Crippen molar-refractivity contribution in [1.82, 2.24) is 5.32 Å². The van der Waals surface area contributed by atoms with Crippen LogP contribution >= 0.6 is 0 Å². The summed E-state index contributed by atoms with van der Waals surface area (Å²) in [5, 5.41) is 3.48. The number of aryl methyl sites for hydroxylation is 2. The highest BCUT2D eigenvalue weighted by Crippen LogP contribution is 2.30. The van der Waals surface area contributed by atoms with Gasteiger partial charge in [0, 0.05) is 6.07 Å². The number of amides is 1. The Morgan fingerprint density at radius 3 is 2.88 bits per heavy atom. The highest BCUT2D eigenvalue weighted by Gasteiger charge is 2.24. The third kappa shape index (κ3) is 2.50. The molecule has 0 spiro atoms. The molecule has 0 bridgehead atoms. The first kappa shape index (κ1) is 14.7. The fourth-order valence-electron chi connectivity index (χ4n) is 3.32. The summed E-state index contributed by atoms with van der Waals surface area (Å²) in [4.78, 5) is 24.8. The van der Waals surface area contributed by atoms with Crippen molar-refractivity contribution in [3.05, 3.63) is 81.2 Å². The van der Waals surface area contributed by atoms with E-state index in [0.29, 0.717) is 11.0 Å². The molecule has 120 valence electrons. The number of carbonyl (C=O) groups excluding carboxylic acids is 1. The van der Waals surface area contributed by atoms with Crippen LogP contribution in [-0.2, 0) is 6.42 Å². The molecule has 0 saturated heterocycles. The van der Waals surface area contributed by atoms with Crippen LogP contribution in [0.15, 0.2) is 57.7 Å². The predicted octanol–water partition coefficient (Wildman–Crippen LogP) is 3.52. The molecule has 1 N–H and O–H groups in total. The van der Waals surface area contributed by atoms with E-state index >= 15 is 0 Å². The number of fused-ring (bicyclic) bond motifs is 2. The Labute approximate surface area is 139 Å². The Kier molecular flexibility index (Phi) is 3.45. The quantitative estimate of drug-likeness (QED) is 0.786. The second-order valence-corrected chi connectivity index (χ2v) is 6.24. The van der Waals surface area contributed by atoms with Crippen molar-refractivity contribution < 1.29 is 9.21 Å². The van der Waals surface area contributed by atoms with Crippen LogP contribution in [-0.4, -0.2) is 5.91 Å². The minimum absolute atomic E-state index is 0.0345. The molecule has 1 aromatic heterocycles. The van der Waals surface area contributed by atoms with Gasteiger partial charge in [-0.05, 0) is 43.0 Å². The zero-order chi connectivity index (χ0) is 16.7. The van der Waals surface area contributed by atoms with Gasteiger partial charge >= 0.3 is 0 Å². The predicted molar refractivity (Wildman–Crippen MR) is 92.2 cm³/mol. The molecule has 1 heterocycles. The Morgan fingerprint density at radius 2 is 2.00 bits per heavy atom. The first-order chi connectivity index (χ1) is 11.6. The van der Waals surface area contributed by atoms with Gasteiger partial charge in [0.15, 0.2) is 11.2 Å². The van der Waals surface area contributed by atoms with Gasteiger partial charge in [0.05, 0.1) is 11.4 Å². The highest BCUT2D eigenvalue weighted by atomic mass is 16.3. The summed E-state index contributed by atoms with van der Waals surface area (Å²) in [6.07, 6.45) is 1.81. The Bertz CT molecular complexity index is 1000. The van der Waals surface area contributed by atoms with Crippen molar-refractivity contribution >= 4 is 16.9 Å². The third-order valence-electron chi connectivity index (χ3n) is 4.54. The Balaban J connectivity index is 1.65. The monoisotopic (exact) mass is 319 g/mol. The fourth-order valence-corrected chi connectivity index (χ4v) is 3.32. The van der Waals surface area contributed by atoms with Gasteiger partial charge in [-0.25, -0.2) is 0 Å². The largest absolute Gasteiger partial charge is 0.451 e. The number of hydrogen-bond donors (Lipinski definition) is 1. The van der Waals surface area contributed by atoms with Crippen molar-refractivity contribution in [2.75, 3.05) is 0 Å². The van der Waals surface area contributed by atoms with Crippen LogP contribution in [0.5, 0.6) is 0 Å². The van der Waals surface area contributed by atoms with Crippen LogP contribution in [0.1, 0.15) is 39.7 Å². The van der Waals surface area contributed by atoms with Gasteiger partial charge < -0.3 is 9.73 Å². The number of benzene rings is 2. The number of carbonyl (C=O) groups is 1. The van der Waals surface area contributed by atoms with Crippen LogP contribution in [0, 0.1) is 6.92 Å². The van der Waals surface area contributed by atoms with Gasteiger partial charge in [0.2, 0.25) is 0 Å². The molecule has 1 aliphatic rings. The number of nitrogens with one attached hydrogen (secondary N) is 1. The summed E-state index contributed by atoms with van der Waals surface area (Å²) in [6, 6.07) is 14.7. The lowest BCUT2D eigenvalue weighted by molar-refractivity contribution is 0.0909. The summed E-state index contributed by atoms with van der Waals surface area (Å²) in [6.45, 7) is 1.91. The van der Waals surface area contributed by atoms with E-state index < -0.39 is 0 Å². The van der Waals surface area contributed by atoms with Crippen molar-refractivity contribution in [2.24, 2.45) is 0 Å². The van der Waals surface area contributed by atoms with Crippen LogP contribution in [0.3, 0.4) is 0 Å². The van der Waals surface area contributed by atoms with Crippen LogP contribution in [0.4, 0.5) is 0 Å². The number of hydrogen-bond acceptors (Lipinski definition) is 3. The standard InChI is InChI=1S/C20H17NO3/c1-12-6-9-18-15(10-12)17(22)11-19(24-18)20(23)21-16-8-7-13-4-2-3-5-14(13)16/h2-6,9-11,16H,7-8H2,1H3,(H,21,23)/t16-/m1/s1. The lowest BCUT2D eigenvalue weighted by atomic mass is 10.1. The SMILES string of the molecule is Cc1ccc2oc(C(=O)N[C@@H]3CCc4ccccc43)cc(=O)c2c1. The summed E-state index contributed by atoms with van der Waals surface area (Å²) in [7, 11) is 0. The molecule has 3 aromatic rings. The molecule has 24 heavy (non-hydrogen) atoms. The summed E-state index contributed by atoms with van der Waals surface area (Å²) < 4.78 is 5.65. The first-order valence-electron chi connectivity index (χ1n) is 8.05. The van der Waals surface area contributed by atoms with Crippen molar-refractivity contribution in [1.29, 1.82) is 0 Å². The van der Waals surface area contributed by atoms with Gasteiger partial charge in [-0.15, -0.1) is 0 Å². The molecule has 1 aliphatic carbocycles. The maximum absolute atomic E-state index is 12.5. The van der Waals surface area contributed by atoms with Gasteiger partial charge in [0.1, 0.15) is 5.58 Å². The molecule has 0 unspecified atom stereocenters. The van der Waals surface area contributed by atoms with Gasteiger partial charge in [0.25, 0.3) is 5.91 Å². The fraction of sp³-hybridized carbons (Fsp3) is 0.200. The number of rotatable bonds is 2. The molecule has 0 aliphatic heterocycles. The van der Waals surface area contributed by atoms with E-state index in [2.05, 4.69) is 11.4 Å². The van der Waals surface area contributed by atoms with Gasteiger partial charge in [-0.1, -0.05) is 35.9 Å². The molecule has 0 fully saturated rings. The molecular formula is C20H17NO3. The smallest absolute Gasteiger partial charge is 0.287 e. The molecule has 1 amide bonds. The van der Waals surface area contributed by atoms with Crippen molar-refractivity contribution in [2.45, 2.75) is 25.8 Å². The minimum atomic E-state index is -0.351. The molecule has 0 radical (unpaired) electrons. The van der Waals surface area contributed by atoms with Crippen molar-refractivity contribution in [3.8, 4) is 0 Å². The average Bonchev–Trinajstić information content (AvgIpc) is 2.98. The molecule has 4 rings (SSSR count). The normalized spacial score (nSPS) is 16.1. The molecule has 2 aromatic carbocycles. The lowest BCUT2D eigenvalue weighted by Gasteiger charge is -2.13.